The van der Waals surface area contributed by atoms with Crippen LogP contribution in [0.3, 0.4) is 0 Å². The Kier molecular flexibility index (Phi) is 4.18. The molecule has 1 aromatic rings. The van der Waals surface area contributed by atoms with Gasteiger partial charge in [0.15, 0.2) is 0 Å². The molecule has 5 heteroatoms. The maximum atomic E-state index is 12.1. The van der Waals surface area contributed by atoms with Crippen molar-refractivity contribution in [2.24, 2.45) is 5.73 Å². The molecule has 1 rings (SSSR count). The normalized spacial score (nSPS) is 13.6. The first-order chi connectivity index (χ1) is 7.42. The van der Waals surface area contributed by atoms with Crippen LogP contribution < -0.4 is 10.5 Å². The lowest BCUT2D eigenvalue weighted by molar-refractivity contribution is -0.138. The van der Waals surface area contributed by atoms with Crippen LogP contribution in [0.5, 0.6) is 5.75 Å². The van der Waals surface area contributed by atoms with Crippen LogP contribution in [0.1, 0.15) is 12.0 Å². The second-order valence-corrected chi connectivity index (χ2v) is 3.60. The average Bonchev–Trinajstić information content (AvgIpc) is 2.15. The molecule has 0 saturated carbocycles. The second kappa shape index (κ2) is 5.21. The molecule has 0 amide bonds. The molecular formula is C11H14F3NO. The highest BCUT2D eigenvalue weighted by atomic mass is 19.4. The third-order valence-corrected chi connectivity index (χ3v) is 2.17. The third kappa shape index (κ3) is 4.10. The molecule has 1 unspecified atom stereocenters. The van der Waals surface area contributed by atoms with E-state index in [0.717, 1.165) is 0 Å². The largest absolute Gasteiger partial charge is 0.496 e. The van der Waals surface area contributed by atoms with Gasteiger partial charge in [0.1, 0.15) is 5.75 Å². The first-order valence-corrected chi connectivity index (χ1v) is 4.86. The fourth-order valence-electron chi connectivity index (χ4n) is 1.52. The Hall–Kier alpha value is -1.23. The molecule has 0 aromatic heterocycles. The minimum absolute atomic E-state index is 0.156. The number of ether oxygens (including phenoxy) is 1. The van der Waals surface area contributed by atoms with E-state index < -0.39 is 18.6 Å². The standard InChI is InChI=1S/C11H14F3NO/c1-16-10-5-3-2-4-8(10)6-9(15)7-11(12,13)14/h2-5,9H,6-7,15H2,1H3. The molecule has 0 radical (unpaired) electrons. The highest BCUT2D eigenvalue weighted by Gasteiger charge is 2.30. The van der Waals surface area contributed by atoms with Crippen molar-refractivity contribution in [3.63, 3.8) is 0 Å². The van der Waals surface area contributed by atoms with Crippen LogP contribution in [0, 0.1) is 0 Å². The smallest absolute Gasteiger partial charge is 0.390 e. The van der Waals surface area contributed by atoms with Crippen molar-refractivity contribution < 1.29 is 17.9 Å². The van der Waals surface area contributed by atoms with Gasteiger partial charge in [-0.25, -0.2) is 0 Å². The minimum Gasteiger partial charge on any atom is -0.496 e. The van der Waals surface area contributed by atoms with Crippen molar-refractivity contribution in [3.8, 4) is 5.75 Å². The summed E-state index contributed by atoms with van der Waals surface area (Å²) in [6.45, 7) is 0. The molecule has 0 bridgehead atoms. The van der Waals surface area contributed by atoms with Crippen LogP contribution in [-0.4, -0.2) is 19.3 Å². The zero-order valence-electron chi connectivity index (χ0n) is 8.92. The van der Waals surface area contributed by atoms with E-state index in [1.807, 2.05) is 0 Å². The Balaban J connectivity index is 2.65. The summed E-state index contributed by atoms with van der Waals surface area (Å²) in [6.07, 6.45) is -5.05. The number of halogens is 3. The zero-order valence-corrected chi connectivity index (χ0v) is 8.92. The molecule has 2 nitrogen and oxygen atoms in total. The molecule has 16 heavy (non-hydrogen) atoms. The predicted molar refractivity (Wildman–Crippen MR) is 55.3 cm³/mol. The topological polar surface area (TPSA) is 35.2 Å². The number of nitrogens with two attached hydrogens (primary N) is 1. The zero-order chi connectivity index (χ0) is 12.2. The average molecular weight is 233 g/mol. The van der Waals surface area contributed by atoms with E-state index in [1.165, 1.54) is 7.11 Å². The summed E-state index contributed by atoms with van der Waals surface area (Å²) < 4.78 is 41.3. The van der Waals surface area contributed by atoms with Crippen molar-refractivity contribution in [1.29, 1.82) is 0 Å². The van der Waals surface area contributed by atoms with Gasteiger partial charge in [-0.3, -0.25) is 0 Å². The summed E-state index contributed by atoms with van der Waals surface area (Å²) in [6, 6.07) is 6.00. The molecule has 1 atom stereocenters. The minimum atomic E-state index is -4.22. The van der Waals surface area contributed by atoms with E-state index in [4.69, 9.17) is 10.5 Å². The van der Waals surface area contributed by atoms with E-state index in [9.17, 15) is 13.2 Å². The molecule has 0 aliphatic rings. The number of para-hydroxylation sites is 1. The summed E-state index contributed by atoms with van der Waals surface area (Å²) in [5, 5.41) is 0. The number of methoxy groups -OCH3 is 1. The Bertz CT molecular complexity index is 338. The molecule has 90 valence electrons. The van der Waals surface area contributed by atoms with Gasteiger partial charge in [-0.2, -0.15) is 13.2 Å². The summed E-state index contributed by atoms with van der Waals surface area (Å²) in [7, 11) is 1.48. The highest BCUT2D eigenvalue weighted by molar-refractivity contribution is 5.33. The monoisotopic (exact) mass is 233 g/mol. The summed E-state index contributed by atoms with van der Waals surface area (Å²) in [5.41, 5.74) is 6.14. The number of alkyl halides is 3. The molecule has 0 fully saturated rings. The molecule has 0 spiro atoms. The van der Waals surface area contributed by atoms with Gasteiger partial charge in [-0.15, -0.1) is 0 Å². The Morgan fingerprint density at radius 1 is 1.31 bits per heavy atom. The lowest BCUT2D eigenvalue weighted by Crippen LogP contribution is -2.29. The van der Waals surface area contributed by atoms with Gasteiger partial charge < -0.3 is 10.5 Å². The van der Waals surface area contributed by atoms with Crippen LogP contribution in [0.25, 0.3) is 0 Å². The SMILES string of the molecule is COc1ccccc1CC(N)CC(F)(F)F. The van der Waals surface area contributed by atoms with Crippen LogP contribution in [0.15, 0.2) is 24.3 Å². The van der Waals surface area contributed by atoms with Gasteiger partial charge in [0.25, 0.3) is 0 Å². The molecule has 0 aliphatic heterocycles. The molecule has 0 heterocycles. The quantitative estimate of drug-likeness (QED) is 0.867. The molecule has 0 aliphatic carbocycles. The fraction of sp³-hybridized carbons (Fsp3) is 0.455. The maximum absolute atomic E-state index is 12.1. The van der Waals surface area contributed by atoms with Crippen molar-refractivity contribution in [2.45, 2.75) is 25.1 Å². The number of hydrogen-bond acceptors (Lipinski definition) is 2. The first-order valence-electron chi connectivity index (χ1n) is 4.86. The third-order valence-electron chi connectivity index (χ3n) is 2.17. The second-order valence-electron chi connectivity index (χ2n) is 3.60. The number of hydrogen-bond donors (Lipinski definition) is 1. The molecular weight excluding hydrogens is 219 g/mol. The number of benzene rings is 1. The van der Waals surface area contributed by atoms with Crippen molar-refractivity contribution >= 4 is 0 Å². The summed E-state index contributed by atoms with van der Waals surface area (Å²) in [5.74, 6) is 0.570. The van der Waals surface area contributed by atoms with Gasteiger partial charge in [0.2, 0.25) is 0 Å². The maximum Gasteiger partial charge on any atom is 0.390 e. The van der Waals surface area contributed by atoms with Crippen LogP contribution in [-0.2, 0) is 6.42 Å². The Morgan fingerprint density at radius 3 is 2.50 bits per heavy atom. The summed E-state index contributed by atoms with van der Waals surface area (Å²) >= 11 is 0. The predicted octanol–water partition coefficient (Wildman–Crippen LogP) is 2.52. The molecule has 0 saturated heterocycles. The van der Waals surface area contributed by atoms with E-state index in [-0.39, 0.29) is 6.42 Å². The Morgan fingerprint density at radius 2 is 1.94 bits per heavy atom. The van der Waals surface area contributed by atoms with Gasteiger partial charge in [-0.05, 0) is 18.1 Å². The van der Waals surface area contributed by atoms with Gasteiger partial charge >= 0.3 is 6.18 Å². The van der Waals surface area contributed by atoms with Crippen LogP contribution in [0.2, 0.25) is 0 Å². The highest BCUT2D eigenvalue weighted by Crippen LogP contribution is 2.24. The lowest BCUT2D eigenvalue weighted by Gasteiger charge is -2.15. The van der Waals surface area contributed by atoms with Crippen molar-refractivity contribution in [1.82, 2.24) is 0 Å². The number of rotatable bonds is 4. The van der Waals surface area contributed by atoms with Crippen LogP contribution >= 0.6 is 0 Å². The molecule has 1 aromatic carbocycles. The van der Waals surface area contributed by atoms with Crippen molar-refractivity contribution in [3.05, 3.63) is 29.8 Å². The van der Waals surface area contributed by atoms with Gasteiger partial charge in [0, 0.05) is 6.04 Å². The van der Waals surface area contributed by atoms with E-state index in [0.29, 0.717) is 11.3 Å². The lowest BCUT2D eigenvalue weighted by atomic mass is 10.0. The van der Waals surface area contributed by atoms with E-state index >= 15 is 0 Å². The van der Waals surface area contributed by atoms with E-state index in [1.54, 1.807) is 24.3 Å². The first kappa shape index (κ1) is 12.8. The van der Waals surface area contributed by atoms with Crippen molar-refractivity contribution in [2.75, 3.05) is 7.11 Å². The van der Waals surface area contributed by atoms with Gasteiger partial charge in [-0.1, -0.05) is 18.2 Å². The van der Waals surface area contributed by atoms with E-state index in [2.05, 4.69) is 0 Å². The van der Waals surface area contributed by atoms with Gasteiger partial charge in [0.05, 0.1) is 13.5 Å². The molecule has 2 N–H and O–H groups in total. The Labute approximate surface area is 92.2 Å². The fourth-order valence-corrected chi connectivity index (χ4v) is 1.52. The van der Waals surface area contributed by atoms with Crippen LogP contribution in [0.4, 0.5) is 13.2 Å². The summed E-state index contributed by atoms with van der Waals surface area (Å²) in [4.78, 5) is 0.